The van der Waals surface area contributed by atoms with Gasteiger partial charge in [0.25, 0.3) is 0 Å². The molecule has 0 unspecified atom stereocenters. The second kappa shape index (κ2) is 43.3. The molecule has 7 N–H and O–H groups in total. The SMILES string of the molecule is CC(C)[C@@H](C)Nc1ccccn1.CC(C)[C@@H](C)Nc1cnccn1.CC(C)[C@@H](C)Nc1cnn(C(C)(C)C)c1.CC(C)[C@@H](C)Nc1ncccn1.Cc1ccc(N[C@H](C)C(C)C)nc1.Cc1cccc(N[C@H](C)C(C)C)n1.Cc1cnc(N[C@H](C)C(C)C)nc1. The quantitative estimate of drug-likeness (QED) is 0.0356. The molecular weight excluding hydrogens is 1120 g/mol. The van der Waals surface area contributed by atoms with Gasteiger partial charge in [0.15, 0.2) is 0 Å². The van der Waals surface area contributed by atoms with Crippen LogP contribution in [-0.2, 0) is 5.54 Å². The van der Waals surface area contributed by atoms with Crippen LogP contribution in [0, 0.1) is 62.2 Å². The molecular formula is C72H122N18. The fourth-order valence-corrected chi connectivity index (χ4v) is 6.37. The van der Waals surface area contributed by atoms with E-state index in [-0.39, 0.29) is 5.54 Å². The molecule has 0 aliphatic rings. The van der Waals surface area contributed by atoms with Gasteiger partial charge in [0.05, 0.1) is 23.6 Å². The monoisotopic (exact) mass is 1240 g/mol. The number of pyridine rings is 3. The minimum Gasteiger partial charge on any atom is -0.380 e. The van der Waals surface area contributed by atoms with Gasteiger partial charge < -0.3 is 37.2 Å². The first-order valence-electron chi connectivity index (χ1n) is 32.7. The third-order valence-corrected chi connectivity index (χ3v) is 15.3. The zero-order valence-corrected chi connectivity index (χ0v) is 60.5. The van der Waals surface area contributed by atoms with E-state index in [0.29, 0.717) is 95.6 Å². The van der Waals surface area contributed by atoms with Crippen LogP contribution >= 0.6 is 0 Å². The summed E-state index contributed by atoms with van der Waals surface area (Å²) in [6, 6.07) is 21.0. The summed E-state index contributed by atoms with van der Waals surface area (Å²) in [4.78, 5) is 37.5. The summed E-state index contributed by atoms with van der Waals surface area (Å²) in [6.45, 7) is 58.2. The van der Waals surface area contributed by atoms with Crippen molar-refractivity contribution in [2.45, 2.75) is 235 Å². The van der Waals surface area contributed by atoms with Gasteiger partial charge in [0.1, 0.15) is 23.3 Å². The van der Waals surface area contributed by atoms with E-state index in [4.69, 9.17) is 0 Å². The summed E-state index contributed by atoms with van der Waals surface area (Å²) in [7, 11) is 0. The zero-order chi connectivity index (χ0) is 68.1. The van der Waals surface area contributed by atoms with E-state index >= 15 is 0 Å². The highest BCUT2D eigenvalue weighted by molar-refractivity contribution is 5.40. The van der Waals surface area contributed by atoms with Crippen LogP contribution in [-0.4, -0.2) is 96.9 Å². The maximum absolute atomic E-state index is 4.38. The first-order chi connectivity index (χ1) is 42.2. The van der Waals surface area contributed by atoms with Gasteiger partial charge in [0, 0.05) is 104 Å². The van der Waals surface area contributed by atoms with Crippen LogP contribution in [0.2, 0.25) is 0 Å². The molecule has 0 bridgehead atoms. The topological polar surface area (TPSA) is 218 Å². The summed E-state index contributed by atoms with van der Waals surface area (Å²) in [5.74, 6) is 9.46. The Labute approximate surface area is 546 Å². The molecule has 7 heterocycles. The number of nitrogens with zero attached hydrogens (tertiary/aromatic N) is 11. The maximum Gasteiger partial charge on any atom is 0.222 e. The van der Waals surface area contributed by atoms with Gasteiger partial charge in [-0.25, -0.2) is 39.9 Å². The molecule has 0 radical (unpaired) electrons. The van der Waals surface area contributed by atoms with Gasteiger partial charge in [-0.15, -0.1) is 0 Å². The molecule has 0 aromatic carbocycles. The van der Waals surface area contributed by atoms with Gasteiger partial charge >= 0.3 is 0 Å². The van der Waals surface area contributed by atoms with E-state index in [1.165, 1.54) is 5.56 Å². The highest BCUT2D eigenvalue weighted by Crippen LogP contribution is 2.19. The Bertz CT molecular complexity index is 2660. The Morgan fingerprint density at radius 2 is 0.744 bits per heavy atom. The molecule has 0 amide bonds. The van der Waals surface area contributed by atoms with Crippen LogP contribution < -0.4 is 37.2 Å². The van der Waals surface area contributed by atoms with Gasteiger partial charge in [-0.3, -0.25) is 9.67 Å². The molecule has 7 rings (SSSR count). The number of rotatable bonds is 21. The lowest BCUT2D eigenvalue weighted by atomic mass is 10.1. The largest absolute Gasteiger partial charge is 0.380 e. The summed E-state index contributed by atoms with van der Waals surface area (Å²) in [5.41, 5.74) is 4.50. The zero-order valence-electron chi connectivity index (χ0n) is 60.5. The average Bonchev–Trinajstić information content (AvgIpc) is 2.93. The van der Waals surface area contributed by atoms with Crippen molar-refractivity contribution < 1.29 is 0 Å². The molecule has 0 saturated carbocycles. The van der Waals surface area contributed by atoms with Gasteiger partial charge in [0.2, 0.25) is 11.9 Å². The molecule has 500 valence electrons. The number of aryl methyl sites for hydroxylation is 3. The number of nitrogens with one attached hydrogen (secondary N) is 7. The first-order valence-corrected chi connectivity index (χ1v) is 32.7. The van der Waals surface area contributed by atoms with Crippen molar-refractivity contribution in [2.75, 3.05) is 37.2 Å². The van der Waals surface area contributed by atoms with Crippen molar-refractivity contribution >= 4 is 40.9 Å². The number of hydrogen-bond donors (Lipinski definition) is 7. The Morgan fingerprint density at radius 1 is 0.333 bits per heavy atom. The lowest BCUT2D eigenvalue weighted by Gasteiger charge is -2.19. The van der Waals surface area contributed by atoms with E-state index in [0.717, 1.165) is 40.2 Å². The predicted octanol–water partition coefficient (Wildman–Crippen LogP) is 17.4. The summed E-state index contributed by atoms with van der Waals surface area (Å²) in [5, 5.41) is 27.6. The highest BCUT2D eigenvalue weighted by atomic mass is 15.3. The van der Waals surface area contributed by atoms with Crippen LogP contribution in [0.15, 0.2) is 123 Å². The van der Waals surface area contributed by atoms with Gasteiger partial charge in [-0.1, -0.05) is 115 Å². The normalized spacial score (nSPS) is 13.2. The molecule has 0 fully saturated rings. The Morgan fingerprint density at radius 3 is 1.16 bits per heavy atom. The maximum atomic E-state index is 4.38. The molecule has 0 aliphatic carbocycles. The fraction of sp³-hybridized carbons (Fsp3) is 0.583. The molecule has 90 heavy (non-hydrogen) atoms. The molecule has 0 saturated heterocycles. The standard InChI is InChI=1S/C12H23N3.2C11H18N2.C10H17N3.C10H16N2.2C9H15N3/c1-9(2)10(3)14-11-7-13-15(8-11)12(4,5)6;1-8(2)10(4)13-11-6-5-9(3)7-12-11;1-8(2)10(4)13-11-7-5-6-9(3)12-11;1-7(2)9(4)13-10-11-5-8(3)6-12-10;1-8(2)9(3)12-10-6-4-5-7-11-10;1-7(2)8(3)12-9-6-10-4-5-11-9;1-7(2)8(3)12-9-10-5-4-6-11-9/h7-10,14H,1-6H3;2*5-8,10H,1-4H3,(H,12,13);5-7,9H,1-4H3,(H,11,12,13);4-9H,1-3H3,(H,11,12);4-8H,1-3H3,(H,11,12);4-8H,1-3H3,(H,10,11,12)/t3*10-;2*9-;2*8-/m1111111/s1. The van der Waals surface area contributed by atoms with Gasteiger partial charge in [-0.2, -0.15) is 5.10 Å². The van der Waals surface area contributed by atoms with E-state index < -0.39 is 0 Å². The molecule has 7 atom stereocenters. The predicted molar refractivity (Wildman–Crippen MR) is 386 cm³/mol. The van der Waals surface area contributed by atoms with Crippen molar-refractivity contribution in [1.82, 2.24) is 54.6 Å². The number of aromatic nitrogens is 11. The Hall–Kier alpha value is -7.50. The van der Waals surface area contributed by atoms with E-state index in [1.54, 1.807) is 37.2 Å². The third kappa shape index (κ3) is 36.9. The van der Waals surface area contributed by atoms with E-state index in [2.05, 4.69) is 266 Å². The highest BCUT2D eigenvalue weighted by Gasteiger charge is 2.16. The third-order valence-electron chi connectivity index (χ3n) is 15.3. The molecule has 7 aromatic rings. The summed E-state index contributed by atoms with van der Waals surface area (Å²) < 4.78 is 1.99. The summed E-state index contributed by atoms with van der Waals surface area (Å²) >= 11 is 0. The van der Waals surface area contributed by atoms with Crippen LogP contribution in [0.5, 0.6) is 0 Å². The van der Waals surface area contributed by atoms with Crippen LogP contribution in [0.25, 0.3) is 0 Å². The average molecular weight is 1240 g/mol. The van der Waals surface area contributed by atoms with Crippen molar-refractivity contribution in [3.8, 4) is 0 Å². The molecule has 0 aliphatic heterocycles. The molecule has 18 nitrogen and oxygen atoms in total. The second-order valence-electron chi connectivity index (χ2n) is 26.9. The second-order valence-corrected chi connectivity index (χ2v) is 26.9. The van der Waals surface area contributed by atoms with Crippen LogP contribution in [0.4, 0.5) is 40.9 Å². The van der Waals surface area contributed by atoms with Crippen molar-refractivity contribution in [3.05, 3.63) is 140 Å². The summed E-state index contributed by atoms with van der Waals surface area (Å²) in [6.07, 6.45) is 19.9. The van der Waals surface area contributed by atoms with Crippen molar-refractivity contribution in [1.29, 1.82) is 0 Å². The van der Waals surface area contributed by atoms with Crippen molar-refractivity contribution in [2.24, 2.45) is 41.4 Å². The number of hydrogen-bond acceptors (Lipinski definition) is 17. The lowest BCUT2D eigenvalue weighted by molar-refractivity contribution is 0.355. The van der Waals surface area contributed by atoms with Crippen molar-refractivity contribution in [3.63, 3.8) is 0 Å². The minimum atomic E-state index is 0.0565. The molecule has 0 spiro atoms. The lowest BCUT2D eigenvalue weighted by Crippen LogP contribution is -2.23. The Balaban J connectivity index is 0.000000526. The van der Waals surface area contributed by atoms with Crippen LogP contribution in [0.1, 0.15) is 183 Å². The first kappa shape index (κ1) is 80.5. The Kier molecular flexibility index (Phi) is 38.7. The number of anilines is 7. The fourth-order valence-electron chi connectivity index (χ4n) is 6.37. The molecule has 7 aromatic heterocycles. The van der Waals surface area contributed by atoms with E-state index in [9.17, 15) is 0 Å². The van der Waals surface area contributed by atoms with Crippen LogP contribution in [0.3, 0.4) is 0 Å². The molecule has 18 heteroatoms. The minimum absolute atomic E-state index is 0.0565. The van der Waals surface area contributed by atoms with E-state index in [1.807, 2.05) is 98.8 Å². The van der Waals surface area contributed by atoms with Gasteiger partial charge in [-0.05, 0) is 179 Å². The smallest absolute Gasteiger partial charge is 0.222 e.